The number of hydrogen-bond acceptors (Lipinski definition) is 5. The van der Waals surface area contributed by atoms with Gasteiger partial charge in [-0.3, -0.25) is 0 Å². The summed E-state index contributed by atoms with van der Waals surface area (Å²) in [6, 6.07) is 5.84. The van der Waals surface area contributed by atoms with Gasteiger partial charge < -0.3 is 19.9 Å². The summed E-state index contributed by atoms with van der Waals surface area (Å²) >= 11 is 0. The average molecular weight is 334 g/mol. The van der Waals surface area contributed by atoms with Crippen molar-refractivity contribution in [2.24, 2.45) is 4.99 Å². The number of aliphatic imine (C=N–C) groups is 1. The molecule has 0 fully saturated rings. The summed E-state index contributed by atoms with van der Waals surface area (Å²) in [4.78, 5) is 4.58. The third-order valence-electron chi connectivity index (χ3n) is 3.61. The monoisotopic (exact) mass is 334 g/mol. The normalized spacial score (nSPS) is 15.7. The van der Waals surface area contributed by atoms with E-state index >= 15 is 0 Å². The van der Waals surface area contributed by atoms with Crippen LogP contribution in [-0.4, -0.2) is 41.9 Å². The number of nitrogens with zero attached hydrogens (tertiary/aromatic N) is 1. The first-order valence-electron chi connectivity index (χ1n) is 8.66. The highest BCUT2D eigenvalue weighted by molar-refractivity contribution is 5.83. The predicted octanol–water partition coefficient (Wildman–Crippen LogP) is 3.22. The zero-order chi connectivity index (χ0) is 17.7. The molecule has 5 nitrogen and oxygen atoms in total. The predicted molar refractivity (Wildman–Crippen MR) is 97.3 cm³/mol. The van der Waals surface area contributed by atoms with Crippen LogP contribution in [0, 0.1) is 0 Å². The highest BCUT2D eigenvalue weighted by atomic mass is 16.5. The van der Waals surface area contributed by atoms with Crippen LogP contribution < -0.4 is 10.1 Å². The van der Waals surface area contributed by atoms with E-state index in [2.05, 4.69) is 31.1 Å². The molecule has 1 heterocycles. The molecule has 0 saturated carbocycles. The van der Waals surface area contributed by atoms with Gasteiger partial charge in [-0.25, -0.2) is 4.99 Å². The minimum absolute atomic E-state index is 0.0194. The van der Waals surface area contributed by atoms with E-state index in [-0.39, 0.29) is 18.2 Å². The van der Waals surface area contributed by atoms with Gasteiger partial charge in [-0.2, -0.15) is 0 Å². The molecular weight excluding hydrogens is 304 g/mol. The Morgan fingerprint density at radius 3 is 2.67 bits per heavy atom. The van der Waals surface area contributed by atoms with Crippen molar-refractivity contribution in [2.45, 2.75) is 65.2 Å². The quantitative estimate of drug-likeness (QED) is 0.838. The maximum Gasteiger partial charge on any atom is 0.188 e. The zero-order valence-electron chi connectivity index (χ0n) is 15.4. The van der Waals surface area contributed by atoms with Crippen molar-refractivity contribution < 1.29 is 14.6 Å². The van der Waals surface area contributed by atoms with Gasteiger partial charge in [0.05, 0.1) is 11.8 Å². The minimum Gasteiger partial charge on any atom is -0.490 e. The molecule has 1 aliphatic rings. The lowest BCUT2D eigenvalue weighted by Gasteiger charge is -2.24. The topological polar surface area (TPSA) is 63.1 Å². The Morgan fingerprint density at radius 1 is 1.25 bits per heavy atom. The van der Waals surface area contributed by atoms with E-state index in [0.717, 1.165) is 35.7 Å². The van der Waals surface area contributed by atoms with Gasteiger partial charge in [0.1, 0.15) is 18.5 Å². The van der Waals surface area contributed by atoms with Crippen LogP contribution in [0.15, 0.2) is 23.2 Å². The summed E-state index contributed by atoms with van der Waals surface area (Å²) in [6.07, 6.45) is 1.20. The number of ether oxygens (including phenoxy) is 2. The molecule has 2 rings (SSSR count). The highest BCUT2D eigenvalue weighted by Gasteiger charge is 2.19. The molecule has 1 aromatic carbocycles. The van der Waals surface area contributed by atoms with E-state index in [0.29, 0.717) is 6.54 Å². The van der Waals surface area contributed by atoms with Crippen LogP contribution in [0.3, 0.4) is 0 Å². The number of fused-ring (bicyclic) bond motifs is 1. The van der Waals surface area contributed by atoms with Crippen LogP contribution in [0.1, 0.15) is 46.6 Å². The summed E-state index contributed by atoms with van der Waals surface area (Å²) in [5, 5.41) is 13.4. The molecule has 1 aromatic rings. The molecule has 5 heteroatoms. The van der Waals surface area contributed by atoms with E-state index in [9.17, 15) is 5.11 Å². The lowest BCUT2D eigenvalue weighted by Crippen LogP contribution is -2.42. The fraction of sp³-hybridized carbons (Fsp3) is 0.632. The standard InChI is InChI=1S/C19H30N2O3/c1-13(2)24-18-10-9-15-16(21-18)7-6-8-17(15)23-12-14(22)11-20-19(3,4)5/h6-8,13-14,20,22H,9-12H2,1-5H3. The van der Waals surface area contributed by atoms with Crippen LogP contribution in [0.2, 0.25) is 0 Å². The maximum absolute atomic E-state index is 10.1. The SMILES string of the molecule is CC(C)OC1=Nc2cccc(OCC(O)CNC(C)(C)C)c2CC1. The molecule has 24 heavy (non-hydrogen) atoms. The number of β-amino-alcohol motifs (C(OH)–C–C–N with tert-alkyl or cyclic N) is 1. The third kappa shape index (κ3) is 5.80. The molecule has 1 unspecified atom stereocenters. The van der Waals surface area contributed by atoms with Gasteiger partial charge in [-0.1, -0.05) is 6.07 Å². The van der Waals surface area contributed by atoms with Crippen LogP contribution in [-0.2, 0) is 11.2 Å². The Bertz CT molecular complexity index is 576. The van der Waals surface area contributed by atoms with Gasteiger partial charge in [-0.05, 0) is 53.2 Å². The van der Waals surface area contributed by atoms with E-state index in [4.69, 9.17) is 9.47 Å². The molecular formula is C19H30N2O3. The number of nitrogens with one attached hydrogen (secondary N) is 1. The largest absolute Gasteiger partial charge is 0.490 e. The second-order valence-electron chi connectivity index (χ2n) is 7.52. The number of rotatable bonds is 6. The maximum atomic E-state index is 10.1. The van der Waals surface area contributed by atoms with Crippen molar-refractivity contribution >= 4 is 11.6 Å². The molecule has 0 aromatic heterocycles. The van der Waals surface area contributed by atoms with E-state index in [1.54, 1.807) is 0 Å². The molecule has 1 atom stereocenters. The second kappa shape index (κ2) is 7.99. The van der Waals surface area contributed by atoms with Crippen molar-refractivity contribution in [2.75, 3.05) is 13.2 Å². The van der Waals surface area contributed by atoms with Crippen molar-refractivity contribution in [3.05, 3.63) is 23.8 Å². The molecule has 0 bridgehead atoms. The average Bonchev–Trinajstić information content (AvgIpc) is 2.49. The summed E-state index contributed by atoms with van der Waals surface area (Å²) in [6.45, 7) is 11.0. The molecule has 0 saturated heterocycles. The highest BCUT2D eigenvalue weighted by Crippen LogP contribution is 2.33. The second-order valence-corrected chi connectivity index (χ2v) is 7.52. The molecule has 0 radical (unpaired) electrons. The van der Waals surface area contributed by atoms with Crippen LogP contribution >= 0.6 is 0 Å². The first-order valence-corrected chi connectivity index (χ1v) is 8.66. The molecule has 2 N–H and O–H groups in total. The van der Waals surface area contributed by atoms with E-state index < -0.39 is 6.10 Å². The number of aliphatic hydroxyl groups excluding tert-OH is 1. The zero-order valence-corrected chi connectivity index (χ0v) is 15.4. The molecule has 134 valence electrons. The fourth-order valence-corrected chi connectivity index (χ4v) is 2.49. The number of aliphatic hydroxyl groups is 1. The van der Waals surface area contributed by atoms with Gasteiger partial charge >= 0.3 is 0 Å². The number of hydrogen-bond donors (Lipinski definition) is 2. The van der Waals surface area contributed by atoms with Crippen LogP contribution in [0.4, 0.5) is 5.69 Å². The third-order valence-corrected chi connectivity index (χ3v) is 3.61. The smallest absolute Gasteiger partial charge is 0.188 e. The first kappa shape index (κ1) is 18.7. The van der Waals surface area contributed by atoms with Crippen molar-refractivity contribution in [3.8, 4) is 5.75 Å². The summed E-state index contributed by atoms with van der Waals surface area (Å²) in [5.74, 6) is 1.58. The Labute approximate surface area is 145 Å². The van der Waals surface area contributed by atoms with E-state index in [1.807, 2.05) is 32.0 Å². The molecule has 0 aliphatic carbocycles. The van der Waals surface area contributed by atoms with Gasteiger partial charge in [0.2, 0.25) is 0 Å². The van der Waals surface area contributed by atoms with Crippen molar-refractivity contribution in [3.63, 3.8) is 0 Å². The van der Waals surface area contributed by atoms with Gasteiger partial charge in [0.25, 0.3) is 0 Å². The molecule has 1 aliphatic heterocycles. The molecule has 0 spiro atoms. The Balaban J connectivity index is 1.97. The van der Waals surface area contributed by atoms with Gasteiger partial charge in [0, 0.05) is 24.1 Å². The van der Waals surface area contributed by atoms with E-state index in [1.165, 1.54) is 0 Å². The Hall–Kier alpha value is -1.59. The summed E-state index contributed by atoms with van der Waals surface area (Å²) in [5.41, 5.74) is 1.97. The summed E-state index contributed by atoms with van der Waals surface area (Å²) < 4.78 is 11.6. The van der Waals surface area contributed by atoms with Crippen molar-refractivity contribution in [1.82, 2.24) is 5.32 Å². The van der Waals surface area contributed by atoms with Gasteiger partial charge in [0.15, 0.2) is 5.90 Å². The van der Waals surface area contributed by atoms with Crippen LogP contribution in [0.5, 0.6) is 5.75 Å². The molecule has 0 amide bonds. The minimum atomic E-state index is -0.549. The lowest BCUT2D eigenvalue weighted by atomic mass is 10.0. The van der Waals surface area contributed by atoms with Crippen LogP contribution in [0.25, 0.3) is 0 Å². The Kier molecular flexibility index (Phi) is 6.24. The Morgan fingerprint density at radius 2 is 2.00 bits per heavy atom. The first-order chi connectivity index (χ1) is 11.2. The van der Waals surface area contributed by atoms with Crippen molar-refractivity contribution in [1.29, 1.82) is 0 Å². The number of benzene rings is 1. The summed E-state index contributed by atoms with van der Waals surface area (Å²) in [7, 11) is 0. The lowest BCUT2D eigenvalue weighted by molar-refractivity contribution is 0.0995. The fourth-order valence-electron chi connectivity index (χ4n) is 2.49. The van der Waals surface area contributed by atoms with Gasteiger partial charge in [-0.15, -0.1) is 0 Å².